The number of benzene rings is 2. The van der Waals surface area contributed by atoms with Crippen molar-refractivity contribution in [2.75, 3.05) is 5.32 Å². The van der Waals surface area contributed by atoms with Crippen molar-refractivity contribution >= 4 is 40.7 Å². The van der Waals surface area contributed by atoms with E-state index in [4.69, 9.17) is 23.1 Å². The molecular formula is C15H14N2O2S2. The van der Waals surface area contributed by atoms with E-state index in [1.807, 2.05) is 36.4 Å². The molecule has 2 aromatic rings. The summed E-state index contributed by atoms with van der Waals surface area (Å²) in [6.07, 6.45) is 0. The summed E-state index contributed by atoms with van der Waals surface area (Å²) >= 11 is 6.27. The van der Waals surface area contributed by atoms with Gasteiger partial charge in [0.15, 0.2) is 5.11 Å². The van der Waals surface area contributed by atoms with Gasteiger partial charge < -0.3 is 16.2 Å². The molecule has 0 atom stereocenters. The fraction of sp³-hybridized carbons (Fsp3) is 0.0667. The molecule has 0 spiro atoms. The van der Waals surface area contributed by atoms with Crippen molar-refractivity contribution in [3.05, 3.63) is 59.7 Å². The number of anilines is 1. The highest BCUT2D eigenvalue weighted by Gasteiger charge is 2.09. The van der Waals surface area contributed by atoms with Gasteiger partial charge in [0.1, 0.15) is 0 Å². The van der Waals surface area contributed by atoms with Crippen molar-refractivity contribution in [1.82, 2.24) is 0 Å². The largest absolute Gasteiger partial charge is 0.478 e. The van der Waals surface area contributed by atoms with E-state index in [0.717, 1.165) is 16.1 Å². The first kappa shape index (κ1) is 15.3. The van der Waals surface area contributed by atoms with Crippen LogP contribution >= 0.6 is 24.0 Å². The molecule has 108 valence electrons. The number of carboxylic acids is 1. The van der Waals surface area contributed by atoms with Gasteiger partial charge in [0.2, 0.25) is 0 Å². The van der Waals surface area contributed by atoms with Crippen LogP contribution in [0, 0.1) is 0 Å². The summed E-state index contributed by atoms with van der Waals surface area (Å²) in [4.78, 5) is 11.9. The number of rotatable bonds is 5. The van der Waals surface area contributed by atoms with Crippen LogP contribution in [0.25, 0.3) is 0 Å². The lowest BCUT2D eigenvalue weighted by Gasteiger charge is -2.07. The molecule has 4 N–H and O–H groups in total. The van der Waals surface area contributed by atoms with Gasteiger partial charge in [-0.05, 0) is 42.0 Å². The van der Waals surface area contributed by atoms with Gasteiger partial charge in [-0.15, -0.1) is 11.8 Å². The molecule has 21 heavy (non-hydrogen) atoms. The third-order valence-electron chi connectivity index (χ3n) is 2.73. The van der Waals surface area contributed by atoms with Crippen molar-refractivity contribution < 1.29 is 9.90 Å². The molecule has 2 rings (SSSR count). The summed E-state index contributed by atoms with van der Waals surface area (Å²) < 4.78 is 0. The first-order chi connectivity index (χ1) is 10.1. The minimum atomic E-state index is -0.908. The molecule has 4 nitrogen and oxygen atoms in total. The lowest BCUT2D eigenvalue weighted by atomic mass is 10.2. The third kappa shape index (κ3) is 4.47. The molecule has 2 aromatic carbocycles. The van der Waals surface area contributed by atoms with Crippen LogP contribution in [0.2, 0.25) is 0 Å². The Morgan fingerprint density at radius 3 is 2.48 bits per heavy atom. The highest BCUT2D eigenvalue weighted by Crippen LogP contribution is 2.26. The van der Waals surface area contributed by atoms with Crippen LogP contribution < -0.4 is 11.1 Å². The molecule has 0 aliphatic carbocycles. The SMILES string of the molecule is NC(=S)Nc1ccc(CSc2ccccc2C(=O)O)cc1. The number of hydrogen-bond donors (Lipinski definition) is 3. The van der Waals surface area contributed by atoms with Gasteiger partial charge in [0, 0.05) is 16.3 Å². The van der Waals surface area contributed by atoms with Crippen LogP contribution in [0.5, 0.6) is 0 Å². The second kappa shape index (κ2) is 7.10. The van der Waals surface area contributed by atoms with Crippen molar-refractivity contribution in [2.45, 2.75) is 10.6 Å². The van der Waals surface area contributed by atoms with E-state index < -0.39 is 5.97 Å². The molecule has 0 bridgehead atoms. The van der Waals surface area contributed by atoms with Crippen molar-refractivity contribution in [1.29, 1.82) is 0 Å². The number of nitrogens with one attached hydrogen (secondary N) is 1. The third-order valence-corrected chi connectivity index (χ3v) is 3.98. The maximum Gasteiger partial charge on any atom is 0.336 e. The van der Waals surface area contributed by atoms with Gasteiger partial charge in [-0.3, -0.25) is 0 Å². The van der Waals surface area contributed by atoms with E-state index in [-0.39, 0.29) is 5.11 Å². The number of aromatic carboxylic acids is 1. The topological polar surface area (TPSA) is 75.3 Å². The maximum atomic E-state index is 11.1. The number of carboxylic acid groups (broad SMARTS) is 1. The molecule has 0 radical (unpaired) electrons. The van der Waals surface area contributed by atoms with E-state index in [1.165, 1.54) is 11.8 Å². The number of thioether (sulfide) groups is 1. The standard InChI is InChI=1S/C15H14N2O2S2/c16-15(20)17-11-7-5-10(6-8-11)9-21-13-4-2-1-3-12(13)14(18)19/h1-8H,9H2,(H,18,19)(H3,16,17,20). The molecule has 0 aliphatic rings. The molecule has 0 aliphatic heterocycles. The average molecular weight is 318 g/mol. The van der Waals surface area contributed by atoms with Crippen LogP contribution in [-0.2, 0) is 5.75 Å². The van der Waals surface area contributed by atoms with Crippen molar-refractivity contribution in [3.63, 3.8) is 0 Å². The van der Waals surface area contributed by atoms with Crippen molar-refractivity contribution in [3.8, 4) is 0 Å². The van der Waals surface area contributed by atoms with Gasteiger partial charge in [0.25, 0.3) is 0 Å². The van der Waals surface area contributed by atoms with Gasteiger partial charge in [0.05, 0.1) is 5.56 Å². The quantitative estimate of drug-likeness (QED) is 0.580. The van der Waals surface area contributed by atoms with E-state index in [1.54, 1.807) is 12.1 Å². The summed E-state index contributed by atoms with van der Waals surface area (Å²) in [5.74, 6) is -0.216. The predicted octanol–water partition coefficient (Wildman–Crippen LogP) is 3.33. The first-order valence-electron chi connectivity index (χ1n) is 6.17. The zero-order valence-electron chi connectivity index (χ0n) is 11.1. The molecule has 0 unspecified atom stereocenters. The first-order valence-corrected chi connectivity index (χ1v) is 7.56. The van der Waals surface area contributed by atoms with E-state index in [2.05, 4.69) is 5.32 Å². The fourth-order valence-electron chi connectivity index (χ4n) is 1.76. The number of thiocarbonyl (C=S) groups is 1. The minimum absolute atomic E-state index is 0.229. The molecule has 0 saturated carbocycles. The molecule has 6 heteroatoms. The molecular weight excluding hydrogens is 304 g/mol. The second-order valence-electron chi connectivity index (χ2n) is 4.28. The number of carbonyl (C=O) groups is 1. The normalized spacial score (nSPS) is 10.1. The Morgan fingerprint density at radius 1 is 1.19 bits per heavy atom. The summed E-state index contributed by atoms with van der Waals surface area (Å²) in [6, 6.07) is 14.7. The smallest absolute Gasteiger partial charge is 0.336 e. The maximum absolute atomic E-state index is 11.1. The number of hydrogen-bond acceptors (Lipinski definition) is 3. The molecule has 0 aromatic heterocycles. The monoisotopic (exact) mass is 318 g/mol. The Labute approximate surface area is 132 Å². The summed E-state index contributed by atoms with van der Waals surface area (Å²) in [5.41, 5.74) is 7.66. The fourth-order valence-corrected chi connectivity index (χ4v) is 2.87. The van der Waals surface area contributed by atoms with Crippen molar-refractivity contribution in [2.24, 2.45) is 5.73 Å². The van der Waals surface area contributed by atoms with Crippen LogP contribution in [0.3, 0.4) is 0 Å². The predicted molar refractivity (Wildman–Crippen MR) is 89.8 cm³/mol. The zero-order valence-corrected chi connectivity index (χ0v) is 12.7. The Kier molecular flexibility index (Phi) is 5.19. The molecule has 0 heterocycles. The van der Waals surface area contributed by atoms with E-state index >= 15 is 0 Å². The molecule has 0 amide bonds. The summed E-state index contributed by atoms with van der Waals surface area (Å²) in [6.45, 7) is 0. The lowest BCUT2D eigenvalue weighted by Crippen LogP contribution is -2.18. The summed E-state index contributed by atoms with van der Waals surface area (Å²) in [7, 11) is 0. The van der Waals surface area contributed by atoms with Gasteiger partial charge in [-0.2, -0.15) is 0 Å². The Hall–Kier alpha value is -2.05. The molecule has 0 saturated heterocycles. The summed E-state index contributed by atoms with van der Waals surface area (Å²) in [5, 5.41) is 12.2. The average Bonchev–Trinajstić information content (AvgIpc) is 2.46. The Bertz CT molecular complexity index is 657. The Morgan fingerprint density at radius 2 is 1.86 bits per heavy atom. The van der Waals surface area contributed by atoms with Crippen LogP contribution in [-0.4, -0.2) is 16.2 Å². The second-order valence-corrected chi connectivity index (χ2v) is 5.73. The number of nitrogens with two attached hydrogens (primary N) is 1. The van der Waals surface area contributed by atoms with Crippen LogP contribution in [0.1, 0.15) is 15.9 Å². The van der Waals surface area contributed by atoms with E-state index in [9.17, 15) is 4.79 Å². The Balaban J connectivity index is 2.03. The lowest BCUT2D eigenvalue weighted by molar-refractivity contribution is 0.0693. The highest BCUT2D eigenvalue weighted by atomic mass is 32.2. The van der Waals surface area contributed by atoms with E-state index in [0.29, 0.717) is 11.3 Å². The van der Waals surface area contributed by atoms with Gasteiger partial charge in [-0.1, -0.05) is 24.3 Å². The minimum Gasteiger partial charge on any atom is -0.478 e. The van der Waals surface area contributed by atoms with Crippen LogP contribution in [0.15, 0.2) is 53.4 Å². The highest BCUT2D eigenvalue weighted by molar-refractivity contribution is 7.98. The van der Waals surface area contributed by atoms with Gasteiger partial charge in [-0.25, -0.2) is 4.79 Å². The van der Waals surface area contributed by atoms with Gasteiger partial charge >= 0.3 is 5.97 Å². The zero-order chi connectivity index (χ0) is 15.2. The van der Waals surface area contributed by atoms with Crippen LogP contribution in [0.4, 0.5) is 5.69 Å². The molecule has 0 fully saturated rings.